The number of anilines is 1. The lowest BCUT2D eigenvalue weighted by atomic mass is 10.2. The van der Waals surface area contributed by atoms with E-state index in [2.05, 4.69) is 0 Å². The molecule has 0 amide bonds. The maximum atomic E-state index is 9.87. The minimum absolute atomic E-state index is 0.112. The van der Waals surface area contributed by atoms with E-state index >= 15 is 0 Å². The molecule has 0 aliphatic rings. The summed E-state index contributed by atoms with van der Waals surface area (Å²) in [5.41, 5.74) is 7.22. The van der Waals surface area contributed by atoms with Crippen LogP contribution >= 0.6 is 11.6 Å². The van der Waals surface area contributed by atoms with Crippen molar-refractivity contribution in [1.29, 1.82) is 0 Å². The van der Waals surface area contributed by atoms with Crippen LogP contribution in [-0.2, 0) is 0 Å². The van der Waals surface area contributed by atoms with Crippen LogP contribution in [0.25, 0.3) is 0 Å². The first-order valence-corrected chi connectivity index (χ1v) is 6.98. The molecule has 0 heterocycles. The predicted molar refractivity (Wildman–Crippen MR) is 84.0 cm³/mol. The number of aliphatic hydroxyl groups is 1. The number of aliphatic hydroxyl groups excluding tert-OH is 1. The molecular weight excluding hydrogens is 290 g/mol. The summed E-state index contributed by atoms with van der Waals surface area (Å²) in [5, 5.41) is 10.6. The third kappa shape index (κ3) is 4.55. The molecule has 4 nitrogen and oxygen atoms in total. The van der Waals surface area contributed by atoms with Gasteiger partial charge in [0.1, 0.15) is 30.8 Å². The Balaban J connectivity index is 1.81. The first kappa shape index (κ1) is 15.5. The van der Waals surface area contributed by atoms with Crippen LogP contribution in [0.5, 0.6) is 11.5 Å². The largest absolute Gasteiger partial charge is 0.491 e. The third-order valence-electron chi connectivity index (χ3n) is 2.92. The summed E-state index contributed by atoms with van der Waals surface area (Å²) in [6.07, 6.45) is -0.749. The van der Waals surface area contributed by atoms with E-state index in [4.69, 9.17) is 26.8 Å². The average molecular weight is 308 g/mol. The minimum atomic E-state index is -0.749. The Bertz CT molecular complexity index is 604. The van der Waals surface area contributed by atoms with Crippen LogP contribution < -0.4 is 15.2 Å². The Labute approximate surface area is 129 Å². The third-order valence-corrected chi connectivity index (χ3v) is 3.35. The number of hydrogen-bond acceptors (Lipinski definition) is 4. The summed E-state index contributed by atoms with van der Waals surface area (Å²) in [5.74, 6) is 1.22. The molecule has 0 radical (unpaired) electrons. The highest BCUT2D eigenvalue weighted by Gasteiger charge is 2.08. The molecule has 0 spiro atoms. The maximum Gasteiger partial charge on any atom is 0.142 e. The average Bonchev–Trinajstić information content (AvgIpc) is 2.47. The SMILES string of the molecule is Cc1cc(OCC(O)COc2ccccc2N)ccc1Cl. The van der Waals surface area contributed by atoms with Gasteiger partial charge in [-0.1, -0.05) is 23.7 Å². The number of hydrogen-bond donors (Lipinski definition) is 2. The van der Waals surface area contributed by atoms with Gasteiger partial charge >= 0.3 is 0 Å². The smallest absolute Gasteiger partial charge is 0.142 e. The molecule has 1 atom stereocenters. The summed E-state index contributed by atoms with van der Waals surface area (Å²) in [4.78, 5) is 0. The highest BCUT2D eigenvalue weighted by Crippen LogP contribution is 2.22. The molecule has 1 unspecified atom stereocenters. The van der Waals surface area contributed by atoms with Crippen molar-refractivity contribution >= 4 is 17.3 Å². The summed E-state index contributed by atoms with van der Waals surface area (Å²) in [6, 6.07) is 12.5. The van der Waals surface area contributed by atoms with Gasteiger partial charge in [0, 0.05) is 5.02 Å². The minimum Gasteiger partial charge on any atom is -0.491 e. The first-order valence-electron chi connectivity index (χ1n) is 6.60. The molecular formula is C16H18ClNO3. The van der Waals surface area contributed by atoms with E-state index in [1.54, 1.807) is 24.3 Å². The van der Waals surface area contributed by atoms with Gasteiger partial charge in [0.05, 0.1) is 5.69 Å². The van der Waals surface area contributed by atoms with E-state index in [9.17, 15) is 5.11 Å². The molecule has 0 saturated heterocycles. The van der Waals surface area contributed by atoms with Gasteiger partial charge in [-0.15, -0.1) is 0 Å². The molecule has 0 bridgehead atoms. The van der Waals surface area contributed by atoms with Gasteiger partial charge < -0.3 is 20.3 Å². The van der Waals surface area contributed by atoms with Crippen LogP contribution in [0.3, 0.4) is 0 Å². The van der Waals surface area contributed by atoms with Crippen LogP contribution in [0.15, 0.2) is 42.5 Å². The Morgan fingerprint density at radius 1 is 1.14 bits per heavy atom. The van der Waals surface area contributed by atoms with Crippen molar-refractivity contribution in [3.63, 3.8) is 0 Å². The number of nitrogens with two attached hydrogens (primary N) is 1. The molecule has 2 aromatic rings. The van der Waals surface area contributed by atoms with Crippen molar-refractivity contribution in [3.05, 3.63) is 53.1 Å². The van der Waals surface area contributed by atoms with Crippen molar-refractivity contribution in [3.8, 4) is 11.5 Å². The van der Waals surface area contributed by atoms with Crippen LogP contribution in [-0.4, -0.2) is 24.4 Å². The molecule has 0 saturated carbocycles. The zero-order valence-corrected chi connectivity index (χ0v) is 12.5. The van der Waals surface area contributed by atoms with E-state index in [1.807, 2.05) is 25.1 Å². The molecule has 2 rings (SSSR count). The van der Waals surface area contributed by atoms with Gasteiger partial charge in [-0.05, 0) is 42.8 Å². The molecule has 5 heteroatoms. The Hall–Kier alpha value is -1.91. The van der Waals surface area contributed by atoms with E-state index in [0.717, 1.165) is 5.56 Å². The molecule has 112 valence electrons. The highest BCUT2D eigenvalue weighted by molar-refractivity contribution is 6.31. The molecule has 21 heavy (non-hydrogen) atoms. The van der Waals surface area contributed by atoms with Gasteiger partial charge in [-0.3, -0.25) is 0 Å². The quantitative estimate of drug-likeness (QED) is 0.805. The van der Waals surface area contributed by atoms with E-state index in [0.29, 0.717) is 22.2 Å². The van der Waals surface area contributed by atoms with Crippen LogP contribution in [0.4, 0.5) is 5.69 Å². The zero-order chi connectivity index (χ0) is 15.2. The molecule has 0 aromatic heterocycles. The molecule has 0 aliphatic heterocycles. The van der Waals surface area contributed by atoms with Crippen LogP contribution in [0, 0.1) is 6.92 Å². The summed E-state index contributed by atoms with van der Waals surface area (Å²) in [6.45, 7) is 2.14. The summed E-state index contributed by atoms with van der Waals surface area (Å²) >= 11 is 5.94. The van der Waals surface area contributed by atoms with Gasteiger partial charge in [0.25, 0.3) is 0 Å². The Kier molecular flexibility index (Phi) is 5.31. The lowest BCUT2D eigenvalue weighted by Crippen LogP contribution is -2.25. The van der Waals surface area contributed by atoms with Gasteiger partial charge in [0.2, 0.25) is 0 Å². The maximum absolute atomic E-state index is 9.87. The normalized spacial score (nSPS) is 12.0. The second kappa shape index (κ2) is 7.20. The zero-order valence-electron chi connectivity index (χ0n) is 11.8. The lowest BCUT2D eigenvalue weighted by molar-refractivity contribution is 0.0629. The van der Waals surface area contributed by atoms with Crippen molar-refractivity contribution in [2.75, 3.05) is 18.9 Å². The second-order valence-electron chi connectivity index (χ2n) is 4.72. The van der Waals surface area contributed by atoms with Crippen molar-refractivity contribution in [1.82, 2.24) is 0 Å². The van der Waals surface area contributed by atoms with Crippen LogP contribution in [0.2, 0.25) is 5.02 Å². The lowest BCUT2D eigenvalue weighted by Gasteiger charge is -2.15. The van der Waals surface area contributed by atoms with Crippen LogP contribution in [0.1, 0.15) is 5.56 Å². The molecule has 2 aromatic carbocycles. The number of halogens is 1. The highest BCUT2D eigenvalue weighted by atomic mass is 35.5. The van der Waals surface area contributed by atoms with Gasteiger partial charge in [-0.2, -0.15) is 0 Å². The first-order chi connectivity index (χ1) is 10.1. The monoisotopic (exact) mass is 307 g/mol. The predicted octanol–water partition coefficient (Wildman–Crippen LogP) is 3.05. The number of para-hydroxylation sites is 2. The fourth-order valence-corrected chi connectivity index (χ4v) is 1.86. The molecule has 3 N–H and O–H groups in total. The fourth-order valence-electron chi connectivity index (χ4n) is 1.75. The molecule has 0 fully saturated rings. The van der Waals surface area contributed by atoms with Gasteiger partial charge in [-0.25, -0.2) is 0 Å². The summed E-state index contributed by atoms with van der Waals surface area (Å²) in [7, 11) is 0. The second-order valence-corrected chi connectivity index (χ2v) is 5.13. The van der Waals surface area contributed by atoms with Gasteiger partial charge in [0.15, 0.2) is 0 Å². The van der Waals surface area contributed by atoms with Crippen molar-refractivity contribution in [2.45, 2.75) is 13.0 Å². The van der Waals surface area contributed by atoms with Crippen molar-refractivity contribution < 1.29 is 14.6 Å². The topological polar surface area (TPSA) is 64.7 Å². The number of benzene rings is 2. The standard InChI is InChI=1S/C16H18ClNO3/c1-11-8-13(6-7-14(11)17)20-9-12(19)10-21-16-5-3-2-4-15(16)18/h2-8,12,19H,9-10,18H2,1H3. The fraction of sp³-hybridized carbons (Fsp3) is 0.250. The summed E-state index contributed by atoms with van der Waals surface area (Å²) < 4.78 is 11.0. The Morgan fingerprint density at radius 3 is 2.57 bits per heavy atom. The number of ether oxygens (including phenoxy) is 2. The van der Waals surface area contributed by atoms with E-state index in [1.165, 1.54) is 0 Å². The molecule has 0 aliphatic carbocycles. The van der Waals surface area contributed by atoms with Crippen molar-refractivity contribution in [2.24, 2.45) is 0 Å². The Morgan fingerprint density at radius 2 is 1.86 bits per heavy atom. The van der Waals surface area contributed by atoms with E-state index in [-0.39, 0.29) is 13.2 Å². The number of nitrogen functional groups attached to an aromatic ring is 1. The van der Waals surface area contributed by atoms with E-state index < -0.39 is 6.10 Å². The number of aryl methyl sites for hydroxylation is 1. The number of rotatable bonds is 6.